The lowest BCUT2D eigenvalue weighted by atomic mass is 10.1. The molecule has 17 heavy (non-hydrogen) atoms. The molecule has 0 spiro atoms. The van der Waals surface area contributed by atoms with E-state index in [4.69, 9.17) is 0 Å². The molecule has 0 fully saturated rings. The van der Waals surface area contributed by atoms with Crippen molar-refractivity contribution in [1.29, 1.82) is 0 Å². The first-order chi connectivity index (χ1) is 7.91. The van der Waals surface area contributed by atoms with Gasteiger partial charge in [-0.05, 0) is 38.2 Å². The van der Waals surface area contributed by atoms with Gasteiger partial charge >= 0.3 is 0 Å². The SMILES string of the molecule is CC(C)c1nnsc1-c1nncn1C(C)(C)C. The van der Waals surface area contributed by atoms with Crippen molar-refractivity contribution >= 4 is 11.5 Å². The molecule has 2 rings (SSSR count). The van der Waals surface area contributed by atoms with Gasteiger partial charge in [0.2, 0.25) is 0 Å². The summed E-state index contributed by atoms with van der Waals surface area (Å²) >= 11 is 1.38. The highest BCUT2D eigenvalue weighted by atomic mass is 32.1. The van der Waals surface area contributed by atoms with E-state index in [0.29, 0.717) is 5.92 Å². The minimum atomic E-state index is -0.0446. The normalized spacial score (nSPS) is 12.4. The first-order valence-electron chi connectivity index (χ1n) is 5.64. The molecule has 0 amide bonds. The van der Waals surface area contributed by atoms with Crippen LogP contribution < -0.4 is 0 Å². The molecule has 0 aliphatic carbocycles. The fraction of sp³-hybridized carbons (Fsp3) is 0.636. The number of hydrogen-bond donors (Lipinski definition) is 0. The van der Waals surface area contributed by atoms with Crippen LogP contribution >= 0.6 is 11.5 Å². The molecule has 0 atom stereocenters. The molecule has 5 nitrogen and oxygen atoms in total. The van der Waals surface area contributed by atoms with Crippen molar-refractivity contribution in [2.45, 2.75) is 46.1 Å². The fourth-order valence-electron chi connectivity index (χ4n) is 1.61. The van der Waals surface area contributed by atoms with E-state index in [1.54, 1.807) is 6.33 Å². The zero-order valence-electron chi connectivity index (χ0n) is 10.8. The Balaban J connectivity index is 2.54. The third-order valence-electron chi connectivity index (χ3n) is 2.53. The topological polar surface area (TPSA) is 56.5 Å². The van der Waals surface area contributed by atoms with Crippen LogP contribution in [0.25, 0.3) is 10.7 Å². The second kappa shape index (κ2) is 4.18. The van der Waals surface area contributed by atoms with E-state index in [0.717, 1.165) is 16.4 Å². The highest BCUT2D eigenvalue weighted by Gasteiger charge is 2.23. The first-order valence-corrected chi connectivity index (χ1v) is 6.41. The van der Waals surface area contributed by atoms with Crippen LogP contribution in [0.5, 0.6) is 0 Å². The third kappa shape index (κ3) is 2.22. The molecule has 2 aromatic heterocycles. The molecule has 6 heteroatoms. The molecule has 2 heterocycles. The predicted molar refractivity (Wildman–Crippen MR) is 68.0 cm³/mol. The molecule has 92 valence electrons. The molecule has 0 saturated carbocycles. The number of aromatic nitrogens is 5. The lowest BCUT2D eigenvalue weighted by Crippen LogP contribution is -2.22. The van der Waals surface area contributed by atoms with Gasteiger partial charge in [0, 0.05) is 5.54 Å². The van der Waals surface area contributed by atoms with Gasteiger partial charge in [-0.1, -0.05) is 18.3 Å². The van der Waals surface area contributed by atoms with Gasteiger partial charge in [-0.15, -0.1) is 15.3 Å². The van der Waals surface area contributed by atoms with E-state index in [2.05, 4.69) is 59.0 Å². The minimum absolute atomic E-state index is 0.0446. The van der Waals surface area contributed by atoms with Crippen molar-refractivity contribution in [3.8, 4) is 10.7 Å². The predicted octanol–water partition coefficient (Wildman–Crippen LogP) is 2.68. The Morgan fingerprint density at radius 2 is 1.94 bits per heavy atom. The van der Waals surface area contributed by atoms with Crippen molar-refractivity contribution in [1.82, 2.24) is 24.4 Å². The number of hydrogen-bond acceptors (Lipinski definition) is 5. The lowest BCUT2D eigenvalue weighted by molar-refractivity contribution is 0.400. The first kappa shape index (κ1) is 12.2. The van der Waals surface area contributed by atoms with Gasteiger partial charge in [-0.2, -0.15) is 0 Å². The number of rotatable bonds is 2. The monoisotopic (exact) mass is 251 g/mol. The molecular weight excluding hydrogens is 234 g/mol. The Labute approximate surface area is 105 Å². The maximum Gasteiger partial charge on any atom is 0.177 e. The minimum Gasteiger partial charge on any atom is -0.307 e. The van der Waals surface area contributed by atoms with Crippen LogP contribution in [0.1, 0.15) is 46.2 Å². The summed E-state index contributed by atoms with van der Waals surface area (Å²) in [5.74, 6) is 1.20. The van der Waals surface area contributed by atoms with Gasteiger partial charge in [-0.25, -0.2) is 0 Å². The molecule has 0 aliphatic heterocycles. The Hall–Kier alpha value is -1.30. The average molecular weight is 251 g/mol. The van der Waals surface area contributed by atoms with Crippen molar-refractivity contribution in [3.63, 3.8) is 0 Å². The summed E-state index contributed by atoms with van der Waals surface area (Å²) in [6.45, 7) is 10.6. The van der Waals surface area contributed by atoms with Crippen molar-refractivity contribution in [2.24, 2.45) is 0 Å². The Morgan fingerprint density at radius 3 is 2.53 bits per heavy atom. The van der Waals surface area contributed by atoms with Crippen LogP contribution in [-0.4, -0.2) is 24.4 Å². The molecular formula is C11H17N5S. The Kier molecular flexibility index (Phi) is 2.99. The van der Waals surface area contributed by atoms with Gasteiger partial charge in [0.05, 0.1) is 5.69 Å². The van der Waals surface area contributed by atoms with Crippen LogP contribution in [-0.2, 0) is 5.54 Å². The fourth-order valence-corrected chi connectivity index (χ4v) is 2.41. The zero-order valence-corrected chi connectivity index (χ0v) is 11.6. The summed E-state index contributed by atoms with van der Waals surface area (Å²) in [7, 11) is 0. The van der Waals surface area contributed by atoms with Gasteiger partial charge in [0.25, 0.3) is 0 Å². The summed E-state index contributed by atoms with van der Waals surface area (Å²) in [5, 5.41) is 12.4. The highest BCUT2D eigenvalue weighted by Crippen LogP contribution is 2.31. The van der Waals surface area contributed by atoms with E-state index in [1.807, 2.05) is 0 Å². The van der Waals surface area contributed by atoms with E-state index >= 15 is 0 Å². The quantitative estimate of drug-likeness (QED) is 0.823. The van der Waals surface area contributed by atoms with E-state index in [9.17, 15) is 0 Å². The van der Waals surface area contributed by atoms with Crippen LogP contribution in [0.4, 0.5) is 0 Å². The second-order valence-corrected chi connectivity index (χ2v) is 6.09. The van der Waals surface area contributed by atoms with E-state index in [1.165, 1.54) is 11.5 Å². The molecule has 0 aromatic carbocycles. The smallest absolute Gasteiger partial charge is 0.177 e. The molecule has 0 unspecified atom stereocenters. The summed E-state index contributed by atoms with van der Waals surface area (Å²) < 4.78 is 6.10. The molecule has 0 saturated heterocycles. The van der Waals surface area contributed by atoms with Gasteiger partial charge in [0.1, 0.15) is 11.2 Å². The largest absolute Gasteiger partial charge is 0.307 e. The van der Waals surface area contributed by atoms with Crippen LogP contribution in [0.2, 0.25) is 0 Å². The standard InChI is InChI=1S/C11H17N5S/c1-7(2)8-9(17-15-13-8)10-14-12-6-16(10)11(3,4)5/h6-7H,1-5H3. The summed E-state index contributed by atoms with van der Waals surface area (Å²) in [4.78, 5) is 1.02. The third-order valence-corrected chi connectivity index (χ3v) is 3.27. The molecule has 0 bridgehead atoms. The molecule has 0 radical (unpaired) electrons. The van der Waals surface area contributed by atoms with Crippen LogP contribution in [0, 0.1) is 0 Å². The highest BCUT2D eigenvalue weighted by molar-refractivity contribution is 7.09. The van der Waals surface area contributed by atoms with Crippen molar-refractivity contribution in [3.05, 3.63) is 12.0 Å². The summed E-state index contributed by atoms with van der Waals surface area (Å²) in [6.07, 6.45) is 1.76. The van der Waals surface area contributed by atoms with Crippen molar-refractivity contribution in [2.75, 3.05) is 0 Å². The maximum absolute atomic E-state index is 4.21. The van der Waals surface area contributed by atoms with E-state index in [-0.39, 0.29) is 5.54 Å². The summed E-state index contributed by atoms with van der Waals surface area (Å²) in [6, 6.07) is 0. The molecule has 0 N–H and O–H groups in total. The van der Waals surface area contributed by atoms with Crippen LogP contribution in [0.15, 0.2) is 6.33 Å². The summed E-state index contributed by atoms with van der Waals surface area (Å²) in [5.41, 5.74) is 0.949. The Bertz CT molecular complexity index is 506. The van der Waals surface area contributed by atoms with Crippen LogP contribution in [0.3, 0.4) is 0 Å². The van der Waals surface area contributed by atoms with Gasteiger partial charge in [-0.3, -0.25) is 0 Å². The van der Waals surface area contributed by atoms with Gasteiger partial charge < -0.3 is 4.57 Å². The number of nitrogens with zero attached hydrogens (tertiary/aromatic N) is 5. The molecule has 0 aliphatic rings. The van der Waals surface area contributed by atoms with E-state index < -0.39 is 0 Å². The second-order valence-electron chi connectivity index (χ2n) is 5.34. The van der Waals surface area contributed by atoms with Gasteiger partial charge in [0.15, 0.2) is 5.82 Å². The lowest BCUT2D eigenvalue weighted by Gasteiger charge is -2.22. The maximum atomic E-state index is 4.21. The van der Waals surface area contributed by atoms with Crippen molar-refractivity contribution < 1.29 is 0 Å². The average Bonchev–Trinajstić information content (AvgIpc) is 2.84. The Morgan fingerprint density at radius 1 is 1.24 bits per heavy atom. The molecule has 2 aromatic rings. The zero-order chi connectivity index (χ0) is 12.6.